The lowest BCUT2D eigenvalue weighted by atomic mass is 10.1. The van der Waals surface area contributed by atoms with Crippen molar-refractivity contribution in [2.24, 2.45) is 7.05 Å². The zero-order valence-corrected chi connectivity index (χ0v) is 14.0. The molecule has 0 aromatic carbocycles. The Morgan fingerprint density at radius 1 is 1.42 bits per heavy atom. The fourth-order valence-electron chi connectivity index (χ4n) is 2.46. The second kappa shape index (κ2) is 7.31. The quantitative estimate of drug-likeness (QED) is 0.720. The number of nitrogens with one attached hydrogen (secondary N) is 1. The summed E-state index contributed by atoms with van der Waals surface area (Å²) in [6.45, 7) is 3.97. The van der Waals surface area contributed by atoms with Crippen molar-refractivity contribution in [2.75, 3.05) is 12.3 Å². The summed E-state index contributed by atoms with van der Waals surface area (Å²) >= 11 is 0. The molecule has 0 fully saturated rings. The van der Waals surface area contributed by atoms with Crippen LogP contribution in [0.1, 0.15) is 42.4 Å². The summed E-state index contributed by atoms with van der Waals surface area (Å²) in [6.07, 6.45) is 2.20. The standard InChI is InChI=1S/C16H22N4O4/c1-4-7-20-14(17)13(15(22)19(3)16(20)23)11(21)9-18-10(2)12-6-5-8-24-12/h5-6,8,10,18H,4,7,9,17H2,1-3H3/t10-/m1/s1. The van der Waals surface area contributed by atoms with E-state index < -0.39 is 17.0 Å². The molecule has 0 bridgehead atoms. The molecule has 2 aromatic rings. The van der Waals surface area contributed by atoms with Gasteiger partial charge in [-0.2, -0.15) is 0 Å². The van der Waals surface area contributed by atoms with Gasteiger partial charge in [0.25, 0.3) is 5.56 Å². The summed E-state index contributed by atoms with van der Waals surface area (Å²) in [5, 5.41) is 2.99. The zero-order valence-electron chi connectivity index (χ0n) is 14.0. The lowest BCUT2D eigenvalue weighted by Gasteiger charge is -2.15. The summed E-state index contributed by atoms with van der Waals surface area (Å²) < 4.78 is 7.42. The Kier molecular flexibility index (Phi) is 5.40. The smallest absolute Gasteiger partial charge is 0.332 e. The van der Waals surface area contributed by atoms with Gasteiger partial charge in [0.2, 0.25) is 0 Å². The Labute approximate surface area is 138 Å². The third kappa shape index (κ3) is 3.33. The first-order chi connectivity index (χ1) is 11.4. The SMILES string of the molecule is CCCn1c(N)c(C(=O)CN[C@H](C)c2ccco2)c(=O)n(C)c1=O. The third-order valence-corrected chi connectivity index (χ3v) is 3.85. The van der Waals surface area contributed by atoms with Gasteiger partial charge in [0, 0.05) is 13.6 Å². The van der Waals surface area contributed by atoms with Crippen LogP contribution in [-0.4, -0.2) is 21.5 Å². The van der Waals surface area contributed by atoms with Gasteiger partial charge in [-0.3, -0.25) is 18.7 Å². The van der Waals surface area contributed by atoms with Crippen molar-refractivity contribution in [1.29, 1.82) is 0 Å². The van der Waals surface area contributed by atoms with Gasteiger partial charge in [0.05, 0.1) is 18.8 Å². The first-order valence-electron chi connectivity index (χ1n) is 7.77. The van der Waals surface area contributed by atoms with E-state index in [2.05, 4.69) is 5.32 Å². The van der Waals surface area contributed by atoms with E-state index in [1.165, 1.54) is 11.6 Å². The maximum absolute atomic E-state index is 12.5. The number of nitrogen functional groups attached to an aromatic ring is 1. The number of aromatic nitrogens is 2. The molecule has 8 heteroatoms. The van der Waals surface area contributed by atoms with E-state index in [9.17, 15) is 14.4 Å². The molecule has 0 spiro atoms. The van der Waals surface area contributed by atoms with E-state index in [0.29, 0.717) is 18.7 Å². The molecule has 0 amide bonds. The van der Waals surface area contributed by atoms with Gasteiger partial charge in [-0.15, -0.1) is 0 Å². The molecule has 3 N–H and O–H groups in total. The molecule has 0 unspecified atom stereocenters. The first kappa shape index (κ1) is 17.7. The molecule has 2 aromatic heterocycles. The Morgan fingerprint density at radius 3 is 2.71 bits per heavy atom. The molecule has 0 radical (unpaired) electrons. The number of hydrogen-bond acceptors (Lipinski definition) is 6. The van der Waals surface area contributed by atoms with Crippen molar-refractivity contribution in [3.8, 4) is 0 Å². The second-order valence-corrected chi connectivity index (χ2v) is 5.60. The number of nitrogens with zero attached hydrogens (tertiary/aromatic N) is 2. The molecule has 0 aliphatic rings. The molecular formula is C16H22N4O4. The van der Waals surface area contributed by atoms with E-state index in [1.54, 1.807) is 18.4 Å². The zero-order chi connectivity index (χ0) is 17.9. The number of carbonyl (C=O) groups is 1. The van der Waals surface area contributed by atoms with Crippen molar-refractivity contribution in [3.05, 3.63) is 50.6 Å². The predicted octanol–water partition coefficient (Wildman–Crippen LogP) is 0.666. The van der Waals surface area contributed by atoms with Gasteiger partial charge in [0.15, 0.2) is 5.78 Å². The van der Waals surface area contributed by atoms with Gasteiger partial charge in [-0.05, 0) is 25.5 Å². The van der Waals surface area contributed by atoms with Crippen molar-refractivity contribution in [1.82, 2.24) is 14.5 Å². The molecule has 0 saturated carbocycles. The highest BCUT2D eigenvalue weighted by atomic mass is 16.3. The lowest BCUT2D eigenvalue weighted by molar-refractivity contribution is 0.0985. The third-order valence-electron chi connectivity index (χ3n) is 3.85. The monoisotopic (exact) mass is 334 g/mol. The summed E-state index contributed by atoms with van der Waals surface area (Å²) in [5.41, 5.74) is 4.56. The number of Topliss-reactive ketones (excluding diaryl/α,β-unsaturated/α-hetero) is 1. The molecular weight excluding hydrogens is 312 g/mol. The van der Waals surface area contributed by atoms with Crippen LogP contribution in [0.15, 0.2) is 32.4 Å². The highest BCUT2D eigenvalue weighted by molar-refractivity contribution is 6.01. The Hall–Kier alpha value is -2.61. The van der Waals surface area contributed by atoms with E-state index in [0.717, 1.165) is 4.57 Å². The van der Waals surface area contributed by atoms with Crippen LogP contribution in [0, 0.1) is 0 Å². The number of rotatable bonds is 7. The lowest BCUT2D eigenvalue weighted by Crippen LogP contribution is -2.43. The topological polar surface area (TPSA) is 112 Å². The van der Waals surface area contributed by atoms with E-state index in [4.69, 9.17) is 10.2 Å². The van der Waals surface area contributed by atoms with Crippen LogP contribution in [0.5, 0.6) is 0 Å². The average Bonchev–Trinajstić information content (AvgIpc) is 3.09. The predicted molar refractivity (Wildman–Crippen MR) is 90.1 cm³/mol. The average molecular weight is 334 g/mol. The van der Waals surface area contributed by atoms with Gasteiger partial charge in [0.1, 0.15) is 17.1 Å². The number of carbonyl (C=O) groups excluding carboxylic acids is 1. The van der Waals surface area contributed by atoms with Gasteiger partial charge >= 0.3 is 5.69 Å². The molecule has 0 aliphatic heterocycles. The van der Waals surface area contributed by atoms with Crippen LogP contribution < -0.4 is 22.3 Å². The number of furan rings is 1. The number of nitrogens with two attached hydrogens (primary N) is 1. The van der Waals surface area contributed by atoms with Crippen molar-refractivity contribution >= 4 is 11.6 Å². The minimum atomic E-state index is -0.678. The summed E-state index contributed by atoms with van der Waals surface area (Å²) in [6, 6.07) is 3.34. The van der Waals surface area contributed by atoms with Crippen molar-refractivity contribution in [2.45, 2.75) is 32.9 Å². The minimum Gasteiger partial charge on any atom is -0.468 e. The first-order valence-corrected chi connectivity index (χ1v) is 7.77. The normalized spacial score (nSPS) is 12.3. The number of hydrogen-bond donors (Lipinski definition) is 2. The minimum absolute atomic E-state index is 0.0811. The molecule has 2 heterocycles. The van der Waals surface area contributed by atoms with E-state index >= 15 is 0 Å². The fraction of sp³-hybridized carbons (Fsp3) is 0.438. The summed E-state index contributed by atoms with van der Waals surface area (Å²) in [7, 11) is 1.34. The molecule has 0 aliphatic carbocycles. The second-order valence-electron chi connectivity index (χ2n) is 5.60. The number of anilines is 1. The van der Waals surface area contributed by atoms with Gasteiger partial charge < -0.3 is 15.5 Å². The van der Waals surface area contributed by atoms with Gasteiger partial charge in [-0.1, -0.05) is 6.92 Å². The van der Waals surface area contributed by atoms with E-state index in [1.807, 2.05) is 13.8 Å². The molecule has 1 atom stereocenters. The Bertz CT molecular complexity index is 833. The number of ketones is 1. The Morgan fingerprint density at radius 2 is 2.12 bits per heavy atom. The van der Waals surface area contributed by atoms with Crippen LogP contribution in [0.3, 0.4) is 0 Å². The van der Waals surface area contributed by atoms with Crippen molar-refractivity contribution < 1.29 is 9.21 Å². The molecule has 0 saturated heterocycles. The van der Waals surface area contributed by atoms with Crippen molar-refractivity contribution in [3.63, 3.8) is 0 Å². The molecule has 8 nitrogen and oxygen atoms in total. The molecule has 24 heavy (non-hydrogen) atoms. The van der Waals surface area contributed by atoms with E-state index in [-0.39, 0.29) is 24.0 Å². The molecule has 130 valence electrons. The maximum Gasteiger partial charge on any atom is 0.332 e. The van der Waals surface area contributed by atoms with Crippen LogP contribution >= 0.6 is 0 Å². The van der Waals surface area contributed by atoms with Gasteiger partial charge in [-0.25, -0.2) is 4.79 Å². The Balaban J connectivity index is 2.29. The summed E-state index contributed by atoms with van der Waals surface area (Å²) in [4.78, 5) is 36.9. The highest BCUT2D eigenvalue weighted by Gasteiger charge is 2.21. The fourth-order valence-corrected chi connectivity index (χ4v) is 2.46. The maximum atomic E-state index is 12.5. The highest BCUT2D eigenvalue weighted by Crippen LogP contribution is 2.12. The van der Waals surface area contributed by atoms with Crippen LogP contribution in [0.4, 0.5) is 5.82 Å². The molecule has 2 rings (SSSR count). The van der Waals surface area contributed by atoms with Crippen LogP contribution in [0.25, 0.3) is 0 Å². The van der Waals surface area contributed by atoms with Crippen LogP contribution in [0.2, 0.25) is 0 Å². The van der Waals surface area contributed by atoms with Crippen LogP contribution in [-0.2, 0) is 13.6 Å². The largest absolute Gasteiger partial charge is 0.468 e. The summed E-state index contributed by atoms with van der Waals surface area (Å²) in [5.74, 6) is 0.137.